The van der Waals surface area contributed by atoms with E-state index in [1.54, 1.807) is 0 Å². The number of aliphatic hydroxyl groups excluding tert-OH is 1. The van der Waals surface area contributed by atoms with Crippen molar-refractivity contribution in [3.05, 3.63) is 0 Å². The molecule has 0 aliphatic rings. The SMILES string of the molecule is CCCC(O)[C]=S. The van der Waals surface area contributed by atoms with Gasteiger partial charge in [0.05, 0.1) is 11.5 Å². The molecule has 7 heavy (non-hydrogen) atoms. The highest BCUT2D eigenvalue weighted by Gasteiger charge is 1.93. The number of aliphatic hydroxyl groups is 1. The molecule has 0 saturated carbocycles. The lowest BCUT2D eigenvalue weighted by Crippen LogP contribution is -2.04. The van der Waals surface area contributed by atoms with Crippen LogP contribution in [-0.2, 0) is 0 Å². The van der Waals surface area contributed by atoms with Crippen LogP contribution in [0.3, 0.4) is 0 Å². The zero-order chi connectivity index (χ0) is 5.70. The summed E-state index contributed by atoms with van der Waals surface area (Å²) in [6.45, 7) is 2.00. The van der Waals surface area contributed by atoms with Gasteiger partial charge < -0.3 is 5.11 Å². The molecule has 1 atom stereocenters. The van der Waals surface area contributed by atoms with Crippen LogP contribution < -0.4 is 0 Å². The van der Waals surface area contributed by atoms with Crippen molar-refractivity contribution in [2.75, 3.05) is 0 Å². The normalized spacial score (nSPS) is 13.4. The van der Waals surface area contributed by atoms with Gasteiger partial charge >= 0.3 is 0 Å². The summed E-state index contributed by atoms with van der Waals surface area (Å²) < 4.78 is 0. The second-order valence-corrected chi connectivity index (χ2v) is 1.66. The van der Waals surface area contributed by atoms with Crippen molar-refractivity contribution in [3.63, 3.8) is 0 Å². The lowest BCUT2D eigenvalue weighted by molar-refractivity contribution is 0.237. The number of thiocarbonyl (C=S) groups is 1. The molecule has 1 N–H and O–H groups in total. The number of rotatable bonds is 3. The van der Waals surface area contributed by atoms with Crippen LogP contribution in [0, 0.1) is 0 Å². The molecule has 0 bridgehead atoms. The molecule has 0 rings (SSSR count). The number of hydrogen-bond donors (Lipinski definition) is 1. The summed E-state index contributed by atoms with van der Waals surface area (Å²) in [6.07, 6.45) is 1.22. The molecule has 1 unspecified atom stereocenters. The van der Waals surface area contributed by atoms with E-state index in [0.29, 0.717) is 0 Å². The van der Waals surface area contributed by atoms with Crippen LogP contribution in [-0.4, -0.2) is 16.6 Å². The van der Waals surface area contributed by atoms with Crippen LogP contribution >= 0.6 is 12.2 Å². The smallest absolute Gasteiger partial charge is 0.0902 e. The van der Waals surface area contributed by atoms with E-state index in [-0.39, 0.29) is 0 Å². The van der Waals surface area contributed by atoms with Crippen molar-refractivity contribution >= 4 is 17.6 Å². The lowest BCUT2D eigenvalue weighted by Gasteiger charge is -1.95. The predicted molar refractivity (Wildman–Crippen MR) is 33.5 cm³/mol. The molecule has 0 aromatic heterocycles. The van der Waals surface area contributed by atoms with Gasteiger partial charge in [-0.05, 0) is 6.42 Å². The van der Waals surface area contributed by atoms with E-state index < -0.39 is 6.10 Å². The Kier molecular flexibility index (Phi) is 4.25. The summed E-state index contributed by atoms with van der Waals surface area (Å²) in [5, 5.41) is 10.9. The zero-order valence-electron chi connectivity index (χ0n) is 4.35. The van der Waals surface area contributed by atoms with Crippen molar-refractivity contribution in [2.45, 2.75) is 25.9 Å². The molecule has 0 saturated heterocycles. The maximum atomic E-state index is 8.64. The third-order valence-electron chi connectivity index (χ3n) is 0.698. The van der Waals surface area contributed by atoms with Gasteiger partial charge in [0, 0.05) is 0 Å². The first-order valence-electron chi connectivity index (χ1n) is 2.37. The molecule has 0 aliphatic heterocycles. The van der Waals surface area contributed by atoms with E-state index in [2.05, 4.69) is 17.6 Å². The Hall–Kier alpha value is 0.0500. The second kappa shape index (κ2) is 4.22. The fraction of sp³-hybridized carbons (Fsp3) is 0.800. The van der Waals surface area contributed by atoms with Crippen LogP contribution in [0.1, 0.15) is 19.8 Å². The highest BCUT2D eigenvalue weighted by molar-refractivity contribution is 7.79. The summed E-state index contributed by atoms with van der Waals surface area (Å²) in [7, 11) is 0. The molecular weight excluding hydrogens is 108 g/mol. The van der Waals surface area contributed by atoms with Crippen LogP contribution in [0.5, 0.6) is 0 Å². The monoisotopic (exact) mass is 117 g/mol. The third-order valence-corrected chi connectivity index (χ3v) is 0.970. The minimum absolute atomic E-state index is 0.486. The topological polar surface area (TPSA) is 20.2 Å². The number of hydrogen-bond acceptors (Lipinski definition) is 2. The van der Waals surface area contributed by atoms with Gasteiger partial charge in [-0.2, -0.15) is 0 Å². The quantitative estimate of drug-likeness (QED) is 0.557. The van der Waals surface area contributed by atoms with Crippen LogP contribution in [0.25, 0.3) is 0 Å². The fourth-order valence-corrected chi connectivity index (χ4v) is 0.450. The minimum atomic E-state index is -0.486. The molecule has 41 valence electrons. The summed E-state index contributed by atoms with van der Waals surface area (Å²) >= 11 is 4.34. The average molecular weight is 117 g/mol. The van der Waals surface area contributed by atoms with E-state index >= 15 is 0 Å². The fourth-order valence-electron chi connectivity index (χ4n) is 0.332. The Balaban J connectivity index is 2.98. The highest BCUT2D eigenvalue weighted by atomic mass is 32.1. The zero-order valence-corrected chi connectivity index (χ0v) is 5.16. The summed E-state index contributed by atoms with van der Waals surface area (Å²) in [4.78, 5) is 0. The van der Waals surface area contributed by atoms with Gasteiger partial charge in [-0.1, -0.05) is 25.6 Å². The van der Waals surface area contributed by atoms with Crippen molar-refractivity contribution in [2.24, 2.45) is 0 Å². The summed E-state index contributed by atoms with van der Waals surface area (Å²) in [6, 6.07) is 0. The Morgan fingerprint density at radius 2 is 2.43 bits per heavy atom. The summed E-state index contributed by atoms with van der Waals surface area (Å²) in [5.41, 5.74) is 0. The molecular formula is C5H9OS. The van der Waals surface area contributed by atoms with E-state index in [0.717, 1.165) is 12.8 Å². The van der Waals surface area contributed by atoms with Crippen molar-refractivity contribution in [3.8, 4) is 0 Å². The van der Waals surface area contributed by atoms with Gasteiger partial charge in [-0.15, -0.1) is 0 Å². The van der Waals surface area contributed by atoms with Gasteiger partial charge in [0.1, 0.15) is 0 Å². The lowest BCUT2D eigenvalue weighted by atomic mass is 10.2. The van der Waals surface area contributed by atoms with Gasteiger partial charge in [0.25, 0.3) is 0 Å². The molecule has 0 spiro atoms. The molecule has 0 heterocycles. The van der Waals surface area contributed by atoms with Crippen molar-refractivity contribution in [1.82, 2.24) is 0 Å². The van der Waals surface area contributed by atoms with Crippen LogP contribution in [0.2, 0.25) is 0 Å². The Morgan fingerprint density at radius 1 is 1.86 bits per heavy atom. The molecule has 1 nitrogen and oxygen atoms in total. The Bertz CT molecular complexity index is 54.0. The molecule has 0 fully saturated rings. The first-order chi connectivity index (χ1) is 3.31. The van der Waals surface area contributed by atoms with Gasteiger partial charge in [-0.25, -0.2) is 0 Å². The van der Waals surface area contributed by atoms with Crippen LogP contribution in [0.4, 0.5) is 0 Å². The van der Waals surface area contributed by atoms with E-state index in [9.17, 15) is 0 Å². The van der Waals surface area contributed by atoms with Gasteiger partial charge in [-0.3, -0.25) is 0 Å². The summed E-state index contributed by atoms with van der Waals surface area (Å²) in [5.74, 6) is 0. The molecule has 0 aliphatic carbocycles. The predicted octanol–water partition coefficient (Wildman–Crippen LogP) is 1.02. The van der Waals surface area contributed by atoms with E-state index in [4.69, 9.17) is 5.11 Å². The first-order valence-corrected chi connectivity index (χ1v) is 2.77. The third kappa shape index (κ3) is 3.89. The molecule has 0 amide bonds. The average Bonchev–Trinajstić information content (AvgIpc) is 1.68. The maximum absolute atomic E-state index is 8.64. The standard InChI is InChI=1S/C5H9OS/c1-2-3-5(6)4-7/h5-6H,2-3H2,1H3. The van der Waals surface area contributed by atoms with E-state index in [1.807, 2.05) is 6.92 Å². The Labute approximate surface area is 49.4 Å². The second-order valence-electron chi connectivity index (χ2n) is 1.42. The first kappa shape index (κ1) is 7.05. The highest BCUT2D eigenvalue weighted by Crippen LogP contribution is 1.91. The van der Waals surface area contributed by atoms with E-state index in [1.165, 1.54) is 0 Å². The van der Waals surface area contributed by atoms with Gasteiger partial charge in [0.15, 0.2) is 0 Å². The van der Waals surface area contributed by atoms with Crippen LogP contribution in [0.15, 0.2) is 0 Å². The van der Waals surface area contributed by atoms with Gasteiger partial charge in [0.2, 0.25) is 0 Å². The largest absolute Gasteiger partial charge is 0.388 e. The van der Waals surface area contributed by atoms with Crippen molar-refractivity contribution < 1.29 is 5.11 Å². The molecule has 1 radical (unpaired) electrons. The van der Waals surface area contributed by atoms with Crippen molar-refractivity contribution in [1.29, 1.82) is 0 Å². The minimum Gasteiger partial charge on any atom is -0.388 e. The maximum Gasteiger partial charge on any atom is 0.0902 e. The Morgan fingerprint density at radius 3 is 2.57 bits per heavy atom. The molecule has 0 aromatic carbocycles. The molecule has 2 heteroatoms. The molecule has 0 aromatic rings.